The first-order valence-electron chi connectivity index (χ1n) is 8.92. The summed E-state index contributed by atoms with van der Waals surface area (Å²) in [5.74, 6) is -0.319. The third kappa shape index (κ3) is 3.07. The lowest BCUT2D eigenvalue weighted by Crippen LogP contribution is -2.44. The molecule has 0 bridgehead atoms. The molecular formula is C19H21N5O3. The van der Waals surface area contributed by atoms with Crippen molar-refractivity contribution in [3.05, 3.63) is 52.2 Å². The highest BCUT2D eigenvalue weighted by atomic mass is 16.2. The monoisotopic (exact) mass is 367 g/mol. The summed E-state index contributed by atoms with van der Waals surface area (Å²) in [5, 5.41) is 5.87. The fraction of sp³-hybridized carbons (Fsp3) is 0.368. The standard InChI is InChI=1S/C19H21N5O3/c1-11-12(2)20-10-23(19(11)27)9-17(25)21-13-7-16-18(26)22-14-5-3-4-6-15(14)24(16)8-13/h3-6,10,13,16H,7-9H2,1-2H3,(H,21,25)(H,22,26). The number of carbonyl (C=O) groups is 2. The van der Waals surface area contributed by atoms with Gasteiger partial charge in [-0.05, 0) is 32.4 Å². The Hall–Kier alpha value is -3.16. The molecule has 8 nitrogen and oxygen atoms in total. The van der Waals surface area contributed by atoms with Crippen molar-refractivity contribution in [1.29, 1.82) is 0 Å². The Morgan fingerprint density at radius 1 is 1.30 bits per heavy atom. The van der Waals surface area contributed by atoms with Crippen molar-refractivity contribution in [1.82, 2.24) is 14.9 Å². The van der Waals surface area contributed by atoms with E-state index in [1.165, 1.54) is 10.9 Å². The summed E-state index contributed by atoms with van der Waals surface area (Å²) in [4.78, 5) is 43.2. The van der Waals surface area contributed by atoms with Crippen molar-refractivity contribution in [2.24, 2.45) is 0 Å². The lowest BCUT2D eigenvalue weighted by molar-refractivity contribution is -0.122. The number of anilines is 2. The first-order chi connectivity index (χ1) is 12.9. The molecule has 0 aliphatic carbocycles. The van der Waals surface area contributed by atoms with Crippen LogP contribution in [0.4, 0.5) is 11.4 Å². The molecule has 2 aromatic rings. The molecule has 2 aliphatic rings. The van der Waals surface area contributed by atoms with Crippen LogP contribution in [0.2, 0.25) is 0 Å². The van der Waals surface area contributed by atoms with E-state index in [9.17, 15) is 14.4 Å². The molecule has 3 heterocycles. The van der Waals surface area contributed by atoms with Crippen LogP contribution in [0.15, 0.2) is 35.4 Å². The number of hydrogen-bond donors (Lipinski definition) is 2. The lowest BCUT2D eigenvalue weighted by atomic mass is 10.1. The van der Waals surface area contributed by atoms with Gasteiger partial charge in [-0.15, -0.1) is 0 Å². The maximum Gasteiger partial charge on any atom is 0.256 e. The van der Waals surface area contributed by atoms with Crippen LogP contribution in [-0.2, 0) is 16.1 Å². The first-order valence-corrected chi connectivity index (χ1v) is 8.92. The van der Waals surface area contributed by atoms with Gasteiger partial charge in [-0.2, -0.15) is 0 Å². The third-order valence-corrected chi connectivity index (χ3v) is 5.27. The van der Waals surface area contributed by atoms with Crippen molar-refractivity contribution >= 4 is 23.2 Å². The van der Waals surface area contributed by atoms with Gasteiger partial charge in [0.15, 0.2) is 0 Å². The van der Waals surface area contributed by atoms with Gasteiger partial charge in [0.2, 0.25) is 11.8 Å². The maximum atomic E-state index is 12.4. The van der Waals surface area contributed by atoms with Gasteiger partial charge in [0.05, 0.1) is 17.7 Å². The van der Waals surface area contributed by atoms with E-state index in [2.05, 4.69) is 15.6 Å². The SMILES string of the molecule is Cc1ncn(CC(=O)NC2CC3C(=O)Nc4ccccc4N3C2)c(=O)c1C. The van der Waals surface area contributed by atoms with Gasteiger partial charge in [0.1, 0.15) is 12.6 Å². The van der Waals surface area contributed by atoms with Crippen molar-refractivity contribution < 1.29 is 9.59 Å². The van der Waals surface area contributed by atoms with Gasteiger partial charge < -0.3 is 15.5 Å². The summed E-state index contributed by atoms with van der Waals surface area (Å²) in [6.45, 7) is 3.93. The van der Waals surface area contributed by atoms with Crippen molar-refractivity contribution in [3.8, 4) is 0 Å². The number of para-hydroxylation sites is 2. The Morgan fingerprint density at radius 2 is 2.07 bits per heavy atom. The van der Waals surface area contributed by atoms with E-state index >= 15 is 0 Å². The second-order valence-electron chi connectivity index (χ2n) is 7.06. The molecule has 2 amide bonds. The van der Waals surface area contributed by atoms with Gasteiger partial charge in [0, 0.05) is 23.8 Å². The number of aryl methyl sites for hydroxylation is 1. The number of nitrogens with zero attached hydrogens (tertiary/aromatic N) is 3. The molecule has 0 spiro atoms. The summed E-state index contributed by atoms with van der Waals surface area (Å²) in [6, 6.07) is 7.19. The lowest BCUT2D eigenvalue weighted by Gasteiger charge is -2.32. The average Bonchev–Trinajstić information content (AvgIpc) is 3.07. The zero-order valence-corrected chi connectivity index (χ0v) is 15.2. The van der Waals surface area contributed by atoms with Crippen LogP contribution < -0.4 is 21.1 Å². The van der Waals surface area contributed by atoms with E-state index in [1.807, 2.05) is 29.2 Å². The third-order valence-electron chi connectivity index (χ3n) is 5.27. The van der Waals surface area contributed by atoms with Gasteiger partial charge in [0.25, 0.3) is 5.56 Å². The molecule has 2 aliphatic heterocycles. The molecule has 1 aromatic carbocycles. The predicted octanol–water partition coefficient (Wildman–Crippen LogP) is 0.576. The molecule has 140 valence electrons. The zero-order chi connectivity index (χ0) is 19.1. The number of amides is 2. The Bertz CT molecular complexity index is 984. The molecule has 2 N–H and O–H groups in total. The van der Waals surface area contributed by atoms with E-state index in [4.69, 9.17) is 0 Å². The Morgan fingerprint density at radius 3 is 2.89 bits per heavy atom. The predicted molar refractivity (Wildman–Crippen MR) is 101 cm³/mol. The van der Waals surface area contributed by atoms with Gasteiger partial charge in [-0.25, -0.2) is 4.98 Å². The van der Waals surface area contributed by atoms with E-state index in [0.29, 0.717) is 24.2 Å². The number of nitrogens with one attached hydrogen (secondary N) is 2. The second kappa shape index (κ2) is 6.53. The Labute approximate surface area is 156 Å². The molecule has 1 aromatic heterocycles. The Balaban J connectivity index is 1.46. The van der Waals surface area contributed by atoms with Crippen LogP contribution in [0, 0.1) is 13.8 Å². The summed E-state index contributed by atoms with van der Waals surface area (Å²) in [5.41, 5.74) is 2.74. The number of carbonyl (C=O) groups excluding carboxylic acids is 2. The first kappa shape index (κ1) is 17.3. The second-order valence-corrected chi connectivity index (χ2v) is 7.06. The number of rotatable bonds is 3. The highest BCUT2D eigenvalue weighted by Gasteiger charge is 2.41. The van der Waals surface area contributed by atoms with Crippen LogP contribution in [0.3, 0.4) is 0 Å². The average molecular weight is 367 g/mol. The van der Waals surface area contributed by atoms with Gasteiger partial charge in [-0.3, -0.25) is 19.0 Å². The van der Waals surface area contributed by atoms with Crippen LogP contribution in [0.1, 0.15) is 17.7 Å². The molecule has 1 fully saturated rings. The van der Waals surface area contributed by atoms with Crippen molar-refractivity contribution in [2.45, 2.75) is 38.9 Å². The van der Waals surface area contributed by atoms with Gasteiger partial charge in [-0.1, -0.05) is 12.1 Å². The highest BCUT2D eigenvalue weighted by Crippen LogP contribution is 2.36. The molecule has 27 heavy (non-hydrogen) atoms. The topological polar surface area (TPSA) is 96.3 Å². The van der Waals surface area contributed by atoms with Crippen LogP contribution in [0.25, 0.3) is 0 Å². The molecule has 1 saturated heterocycles. The number of benzene rings is 1. The smallest absolute Gasteiger partial charge is 0.256 e. The van der Waals surface area contributed by atoms with Crippen LogP contribution in [-0.4, -0.2) is 40.0 Å². The molecule has 8 heteroatoms. The fourth-order valence-corrected chi connectivity index (χ4v) is 3.72. The number of aromatic nitrogens is 2. The van der Waals surface area contributed by atoms with E-state index < -0.39 is 0 Å². The molecule has 2 unspecified atom stereocenters. The van der Waals surface area contributed by atoms with Crippen molar-refractivity contribution in [2.75, 3.05) is 16.8 Å². The normalized spacial score (nSPS) is 20.7. The largest absolute Gasteiger partial charge is 0.356 e. The minimum absolute atomic E-state index is 0.0555. The van der Waals surface area contributed by atoms with Gasteiger partial charge >= 0.3 is 0 Å². The molecule has 2 atom stereocenters. The zero-order valence-electron chi connectivity index (χ0n) is 15.2. The number of fused-ring (bicyclic) bond motifs is 3. The fourth-order valence-electron chi connectivity index (χ4n) is 3.72. The summed E-state index contributed by atoms with van der Waals surface area (Å²) >= 11 is 0. The summed E-state index contributed by atoms with van der Waals surface area (Å²) in [7, 11) is 0. The highest BCUT2D eigenvalue weighted by molar-refractivity contribution is 6.04. The quantitative estimate of drug-likeness (QED) is 0.827. The van der Waals surface area contributed by atoms with Crippen LogP contribution in [0.5, 0.6) is 0 Å². The molecular weight excluding hydrogens is 346 g/mol. The van der Waals surface area contributed by atoms with Crippen LogP contribution >= 0.6 is 0 Å². The molecule has 0 saturated carbocycles. The number of hydrogen-bond acceptors (Lipinski definition) is 5. The van der Waals surface area contributed by atoms with E-state index in [-0.39, 0.29) is 36.0 Å². The molecule has 4 rings (SSSR count). The molecule has 0 radical (unpaired) electrons. The van der Waals surface area contributed by atoms with Crippen molar-refractivity contribution in [3.63, 3.8) is 0 Å². The van der Waals surface area contributed by atoms with E-state index in [0.717, 1.165) is 11.4 Å². The summed E-state index contributed by atoms with van der Waals surface area (Å²) < 4.78 is 1.31. The minimum atomic E-state index is -0.295. The Kier molecular flexibility index (Phi) is 4.18. The summed E-state index contributed by atoms with van der Waals surface area (Å²) in [6.07, 6.45) is 1.93. The van der Waals surface area contributed by atoms with E-state index in [1.54, 1.807) is 13.8 Å². The minimum Gasteiger partial charge on any atom is -0.356 e. The maximum absolute atomic E-state index is 12.4.